The van der Waals surface area contributed by atoms with Crippen molar-refractivity contribution in [2.45, 2.75) is 37.6 Å². The highest BCUT2D eigenvalue weighted by atomic mass is 19.4. The smallest absolute Gasteiger partial charge is 0.385 e. The largest absolute Gasteiger partial charge is 0.416 e. The van der Waals surface area contributed by atoms with Gasteiger partial charge in [0.05, 0.1) is 23.9 Å². The summed E-state index contributed by atoms with van der Waals surface area (Å²) in [6.07, 6.45) is -4.33. The fourth-order valence-corrected chi connectivity index (χ4v) is 2.45. The van der Waals surface area contributed by atoms with Gasteiger partial charge in [-0.05, 0) is 18.6 Å². The van der Waals surface area contributed by atoms with Crippen LogP contribution in [0.15, 0.2) is 24.3 Å². The van der Waals surface area contributed by atoms with Gasteiger partial charge in [0.1, 0.15) is 0 Å². The van der Waals surface area contributed by atoms with E-state index in [0.29, 0.717) is 0 Å². The normalized spacial score (nSPS) is 29.3. The Balaban J connectivity index is 2.44. The molecule has 1 N–H and O–H groups in total. The third-order valence-corrected chi connectivity index (χ3v) is 3.28. The van der Waals surface area contributed by atoms with E-state index in [-0.39, 0.29) is 31.1 Å². The van der Waals surface area contributed by atoms with E-state index < -0.39 is 17.3 Å². The molecular weight excluding hydrogens is 245 g/mol. The van der Waals surface area contributed by atoms with Crippen molar-refractivity contribution >= 4 is 0 Å². The van der Waals surface area contributed by atoms with Crippen molar-refractivity contribution in [3.63, 3.8) is 0 Å². The molecule has 2 rings (SSSR count). The van der Waals surface area contributed by atoms with Crippen LogP contribution in [-0.4, -0.2) is 17.8 Å². The number of ether oxygens (including phenoxy) is 1. The van der Waals surface area contributed by atoms with Gasteiger partial charge in [-0.15, -0.1) is 0 Å². The third kappa shape index (κ3) is 2.52. The minimum atomic E-state index is -4.45. The summed E-state index contributed by atoms with van der Waals surface area (Å²) in [6, 6.07) is 5.20. The van der Waals surface area contributed by atoms with Crippen LogP contribution in [-0.2, 0) is 16.5 Å². The molecule has 100 valence electrons. The fourth-order valence-electron chi connectivity index (χ4n) is 2.45. The molecular formula is C13H15F3O2. The Morgan fingerprint density at radius 3 is 2.61 bits per heavy atom. The second kappa shape index (κ2) is 4.55. The molecule has 1 fully saturated rings. The number of halogens is 3. The lowest BCUT2D eigenvalue weighted by atomic mass is 9.81. The van der Waals surface area contributed by atoms with E-state index in [4.69, 9.17) is 4.74 Å². The zero-order chi connectivity index (χ0) is 13.4. The molecule has 0 saturated carbocycles. The molecule has 0 amide bonds. The van der Waals surface area contributed by atoms with Crippen LogP contribution >= 0.6 is 0 Å². The fraction of sp³-hybridized carbons (Fsp3) is 0.538. The van der Waals surface area contributed by atoms with Crippen LogP contribution in [0.4, 0.5) is 13.2 Å². The summed E-state index contributed by atoms with van der Waals surface area (Å²) >= 11 is 0. The molecule has 5 heteroatoms. The van der Waals surface area contributed by atoms with E-state index in [2.05, 4.69) is 0 Å². The Labute approximate surface area is 103 Å². The van der Waals surface area contributed by atoms with Crippen LogP contribution < -0.4 is 0 Å². The van der Waals surface area contributed by atoms with E-state index in [1.807, 2.05) is 0 Å². The van der Waals surface area contributed by atoms with Crippen LogP contribution in [0.3, 0.4) is 0 Å². The van der Waals surface area contributed by atoms with Gasteiger partial charge < -0.3 is 9.84 Å². The first-order valence-corrected chi connectivity index (χ1v) is 5.83. The van der Waals surface area contributed by atoms with Crippen LogP contribution in [0.25, 0.3) is 0 Å². The zero-order valence-electron chi connectivity index (χ0n) is 10.00. The second-order valence-corrected chi connectivity index (χ2v) is 4.71. The molecule has 0 bridgehead atoms. The molecule has 0 radical (unpaired) electrons. The van der Waals surface area contributed by atoms with Crippen molar-refractivity contribution in [3.8, 4) is 0 Å². The Bertz CT molecular complexity index is 430. The number of benzene rings is 1. The SMILES string of the molecule is CC1CC(O)(c2ccccc2C(F)(F)F)CCO1. The topological polar surface area (TPSA) is 29.5 Å². The van der Waals surface area contributed by atoms with Crippen molar-refractivity contribution in [1.82, 2.24) is 0 Å². The maximum atomic E-state index is 12.9. The van der Waals surface area contributed by atoms with Crippen LogP contribution in [0.2, 0.25) is 0 Å². The quantitative estimate of drug-likeness (QED) is 0.840. The maximum Gasteiger partial charge on any atom is 0.416 e. The molecule has 1 aromatic carbocycles. The highest BCUT2D eigenvalue weighted by Crippen LogP contribution is 2.41. The molecule has 1 aliphatic heterocycles. The number of hydrogen-bond acceptors (Lipinski definition) is 2. The van der Waals surface area contributed by atoms with Gasteiger partial charge in [-0.3, -0.25) is 0 Å². The van der Waals surface area contributed by atoms with E-state index in [1.54, 1.807) is 6.92 Å². The summed E-state index contributed by atoms with van der Waals surface area (Å²) in [5.41, 5.74) is -2.27. The van der Waals surface area contributed by atoms with E-state index in [0.717, 1.165) is 6.07 Å². The highest BCUT2D eigenvalue weighted by molar-refractivity contribution is 5.35. The number of hydrogen-bond donors (Lipinski definition) is 1. The molecule has 0 aliphatic carbocycles. The minimum absolute atomic E-state index is 0.0485. The van der Waals surface area contributed by atoms with Gasteiger partial charge in [-0.2, -0.15) is 13.2 Å². The predicted octanol–water partition coefficient (Wildman–Crippen LogP) is 3.09. The molecule has 0 aromatic heterocycles. The van der Waals surface area contributed by atoms with Crippen LogP contribution in [0, 0.1) is 0 Å². The third-order valence-electron chi connectivity index (χ3n) is 3.28. The van der Waals surface area contributed by atoms with Gasteiger partial charge in [0.25, 0.3) is 0 Å². The predicted molar refractivity (Wildman–Crippen MR) is 60.0 cm³/mol. The van der Waals surface area contributed by atoms with Crippen molar-refractivity contribution < 1.29 is 23.0 Å². The lowest BCUT2D eigenvalue weighted by Gasteiger charge is -2.37. The van der Waals surface area contributed by atoms with Gasteiger partial charge in [0.2, 0.25) is 0 Å². The Morgan fingerprint density at radius 2 is 2.00 bits per heavy atom. The van der Waals surface area contributed by atoms with Crippen LogP contribution in [0.1, 0.15) is 30.9 Å². The average Bonchev–Trinajstić information content (AvgIpc) is 2.27. The number of alkyl halides is 3. The number of aliphatic hydroxyl groups is 1. The maximum absolute atomic E-state index is 12.9. The summed E-state index contributed by atoms with van der Waals surface area (Å²) in [7, 11) is 0. The lowest BCUT2D eigenvalue weighted by Crippen LogP contribution is -2.38. The molecule has 2 nitrogen and oxygen atoms in total. The molecule has 1 aromatic rings. The van der Waals surface area contributed by atoms with Crippen molar-refractivity contribution in [1.29, 1.82) is 0 Å². The summed E-state index contributed by atoms with van der Waals surface area (Å²) < 4.78 is 44.1. The van der Waals surface area contributed by atoms with Crippen molar-refractivity contribution in [2.24, 2.45) is 0 Å². The first-order chi connectivity index (χ1) is 8.33. The number of rotatable bonds is 1. The van der Waals surface area contributed by atoms with Crippen LogP contribution in [0.5, 0.6) is 0 Å². The molecule has 1 heterocycles. The van der Waals surface area contributed by atoms with E-state index in [1.165, 1.54) is 18.2 Å². The Kier molecular flexibility index (Phi) is 3.38. The summed E-state index contributed by atoms with van der Waals surface area (Å²) in [5, 5.41) is 10.5. The minimum Gasteiger partial charge on any atom is -0.385 e. The van der Waals surface area contributed by atoms with E-state index >= 15 is 0 Å². The molecule has 1 saturated heterocycles. The van der Waals surface area contributed by atoms with Gasteiger partial charge >= 0.3 is 6.18 Å². The molecule has 2 unspecified atom stereocenters. The summed E-state index contributed by atoms with van der Waals surface area (Å²) in [5.74, 6) is 0. The van der Waals surface area contributed by atoms with Crippen molar-refractivity contribution in [2.75, 3.05) is 6.61 Å². The highest BCUT2D eigenvalue weighted by Gasteiger charge is 2.42. The molecule has 18 heavy (non-hydrogen) atoms. The Hall–Kier alpha value is -1.07. The van der Waals surface area contributed by atoms with Gasteiger partial charge in [0, 0.05) is 12.8 Å². The monoisotopic (exact) mass is 260 g/mol. The molecule has 0 spiro atoms. The first-order valence-electron chi connectivity index (χ1n) is 5.83. The zero-order valence-corrected chi connectivity index (χ0v) is 10.00. The van der Waals surface area contributed by atoms with Gasteiger partial charge in [-0.25, -0.2) is 0 Å². The Morgan fingerprint density at radius 1 is 1.33 bits per heavy atom. The van der Waals surface area contributed by atoms with Gasteiger partial charge in [-0.1, -0.05) is 18.2 Å². The van der Waals surface area contributed by atoms with Gasteiger partial charge in [0.15, 0.2) is 0 Å². The summed E-state index contributed by atoms with van der Waals surface area (Å²) in [4.78, 5) is 0. The molecule has 2 atom stereocenters. The van der Waals surface area contributed by atoms with E-state index in [9.17, 15) is 18.3 Å². The second-order valence-electron chi connectivity index (χ2n) is 4.71. The average molecular weight is 260 g/mol. The standard InChI is InChI=1S/C13H15F3O2/c1-9-8-12(17,6-7-18-9)10-4-2-3-5-11(10)13(14,15)16/h2-5,9,17H,6-8H2,1H3. The first kappa shape index (κ1) is 13.4. The van der Waals surface area contributed by atoms with Crippen molar-refractivity contribution in [3.05, 3.63) is 35.4 Å². The summed E-state index contributed by atoms with van der Waals surface area (Å²) in [6.45, 7) is 2.02. The lowest BCUT2D eigenvalue weighted by molar-refractivity contribution is -0.146. The molecule has 1 aliphatic rings.